The molecule has 1 heterocycles. The van der Waals surface area contributed by atoms with Crippen molar-refractivity contribution in [3.05, 3.63) is 45.8 Å². The third kappa shape index (κ3) is 3.09. The summed E-state index contributed by atoms with van der Waals surface area (Å²) in [6, 6.07) is 1.55. The van der Waals surface area contributed by atoms with Crippen molar-refractivity contribution in [2.75, 3.05) is 5.43 Å². The van der Waals surface area contributed by atoms with Crippen LogP contribution in [0.3, 0.4) is 0 Å². The molecule has 1 aromatic heterocycles. The number of hydrazine groups is 1. The van der Waals surface area contributed by atoms with Gasteiger partial charge in [-0.2, -0.15) is 4.98 Å². The molecule has 0 bridgehead atoms. The van der Waals surface area contributed by atoms with Crippen LogP contribution in [0.25, 0.3) is 0 Å². The van der Waals surface area contributed by atoms with Crippen LogP contribution in [0, 0.1) is 15.9 Å². The van der Waals surface area contributed by atoms with Crippen LogP contribution in [0.4, 0.5) is 15.8 Å². The smallest absolute Gasteiger partial charge is 0.285 e. The highest BCUT2D eigenvalue weighted by molar-refractivity contribution is 5.99. The van der Waals surface area contributed by atoms with Crippen LogP contribution in [0.1, 0.15) is 16.2 Å². The summed E-state index contributed by atoms with van der Waals surface area (Å²) in [5.41, 5.74) is 0.732. The normalized spacial score (nSPS) is 10.2. The Bertz CT molecular complexity index is 674. The molecule has 21 heavy (non-hydrogen) atoms. The van der Waals surface area contributed by atoms with Crippen molar-refractivity contribution >= 4 is 17.3 Å². The van der Waals surface area contributed by atoms with E-state index in [1.54, 1.807) is 0 Å². The Labute approximate surface area is 116 Å². The van der Waals surface area contributed by atoms with Gasteiger partial charge in [0.1, 0.15) is 5.56 Å². The fraction of sp³-hybridized carbons (Fsp3) is 0.100. The Kier molecular flexibility index (Phi) is 4.04. The number of nitro benzene ring substituents is 1. The number of carbonyl (C=O) groups is 1. The molecule has 0 aliphatic heterocycles. The van der Waals surface area contributed by atoms with Gasteiger partial charge in [-0.3, -0.25) is 20.8 Å². The van der Waals surface area contributed by atoms with Crippen molar-refractivity contribution in [1.29, 1.82) is 0 Å². The van der Waals surface area contributed by atoms with Crippen molar-refractivity contribution < 1.29 is 18.6 Å². The van der Waals surface area contributed by atoms with E-state index in [1.807, 2.05) is 5.43 Å². The van der Waals surface area contributed by atoms with Crippen LogP contribution in [0.2, 0.25) is 0 Å². The van der Waals surface area contributed by atoms with E-state index in [0.29, 0.717) is 6.07 Å². The average Bonchev–Trinajstić information content (AvgIpc) is 2.97. The maximum Gasteiger partial charge on any atom is 0.285 e. The molecule has 4 N–H and O–H groups in total. The number of rotatable bonds is 5. The standard InChI is InChI=1S/C10H9FN6O4/c11-6-2-8(17(19)20)5(1-7(6)15-12)10(18)13-3-9-14-4-21-16-9/h1-2,4,15H,3,12H2,(H,13,18). The van der Waals surface area contributed by atoms with Crippen LogP contribution in [-0.2, 0) is 6.54 Å². The molecule has 10 nitrogen and oxygen atoms in total. The molecule has 110 valence electrons. The topological polar surface area (TPSA) is 149 Å². The molecule has 0 aliphatic rings. The molecule has 1 aromatic carbocycles. The highest BCUT2D eigenvalue weighted by Gasteiger charge is 2.23. The first-order valence-electron chi connectivity index (χ1n) is 5.51. The number of hydrogen-bond acceptors (Lipinski definition) is 8. The second kappa shape index (κ2) is 5.92. The van der Waals surface area contributed by atoms with Crippen molar-refractivity contribution in [3.63, 3.8) is 0 Å². The van der Waals surface area contributed by atoms with Gasteiger partial charge in [0.15, 0.2) is 11.6 Å². The van der Waals surface area contributed by atoms with Crippen molar-refractivity contribution in [3.8, 4) is 0 Å². The van der Waals surface area contributed by atoms with Gasteiger partial charge in [-0.15, -0.1) is 0 Å². The lowest BCUT2D eigenvalue weighted by Crippen LogP contribution is -2.25. The molecule has 0 aliphatic carbocycles. The van der Waals surface area contributed by atoms with Crippen molar-refractivity contribution in [2.24, 2.45) is 5.84 Å². The summed E-state index contributed by atoms with van der Waals surface area (Å²) in [5.74, 6) is 3.51. The first-order valence-corrected chi connectivity index (χ1v) is 5.51. The molecule has 1 amide bonds. The molecular weight excluding hydrogens is 287 g/mol. The lowest BCUT2D eigenvalue weighted by atomic mass is 10.1. The largest absolute Gasteiger partial charge is 0.344 e. The lowest BCUT2D eigenvalue weighted by Gasteiger charge is -2.07. The maximum absolute atomic E-state index is 13.5. The Morgan fingerprint density at radius 2 is 2.29 bits per heavy atom. The van der Waals surface area contributed by atoms with E-state index in [2.05, 4.69) is 20.0 Å². The second-order valence-electron chi connectivity index (χ2n) is 3.78. The number of nitro groups is 1. The molecule has 11 heteroatoms. The van der Waals surface area contributed by atoms with Crippen LogP contribution in [-0.4, -0.2) is 21.0 Å². The molecule has 0 radical (unpaired) electrons. The first kappa shape index (κ1) is 14.3. The zero-order valence-corrected chi connectivity index (χ0v) is 10.4. The minimum atomic E-state index is -0.945. The Morgan fingerprint density at radius 3 is 2.86 bits per heavy atom. The van der Waals surface area contributed by atoms with E-state index in [0.717, 1.165) is 12.5 Å². The number of nitrogens with zero attached hydrogens (tertiary/aromatic N) is 3. The van der Waals surface area contributed by atoms with Gasteiger partial charge in [0.05, 0.1) is 23.2 Å². The summed E-state index contributed by atoms with van der Waals surface area (Å²) in [4.78, 5) is 25.6. The monoisotopic (exact) mass is 296 g/mol. The first-order chi connectivity index (χ1) is 10.0. The third-order valence-electron chi connectivity index (χ3n) is 2.50. The predicted molar refractivity (Wildman–Crippen MR) is 66.3 cm³/mol. The number of nitrogens with one attached hydrogen (secondary N) is 2. The Balaban J connectivity index is 2.27. The summed E-state index contributed by atoms with van der Waals surface area (Å²) in [7, 11) is 0. The number of carbonyl (C=O) groups excluding carboxylic acids is 1. The van der Waals surface area contributed by atoms with Gasteiger partial charge in [-0.1, -0.05) is 5.16 Å². The fourth-order valence-corrected chi connectivity index (χ4v) is 1.53. The summed E-state index contributed by atoms with van der Waals surface area (Å²) >= 11 is 0. The van der Waals surface area contributed by atoms with Gasteiger partial charge in [0.25, 0.3) is 11.6 Å². The van der Waals surface area contributed by atoms with Crippen molar-refractivity contribution in [1.82, 2.24) is 15.5 Å². The second-order valence-corrected chi connectivity index (χ2v) is 3.78. The van der Waals surface area contributed by atoms with Crippen molar-refractivity contribution in [2.45, 2.75) is 6.54 Å². The quantitative estimate of drug-likeness (QED) is 0.406. The van der Waals surface area contributed by atoms with E-state index < -0.39 is 22.3 Å². The van der Waals surface area contributed by atoms with Crippen LogP contribution >= 0.6 is 0 Å². The number of nitrogen functional groups attached to an aromatic ring is 1. The average molecular weight is 296 g/mol. The number of halogens is 1. The fourth-order valence-electron chi connectivity index (χ4n) is 1.53. The maximum atomic E-state index is 13.5. The molecule has 0 atom stereocenters. The van der Waals surface area contributed by atoms with Crippen LogP contribution < -0.4 is 16.6 Å². The Hall–Kier alpha value is -3.08. The minimum Gasteiger partial charge on any atom is -0.344 e. The van der Waals surface area contributed by atoms with Crippen LogP contribution in [0.15, 0.2) is 23.0 Å². The Morgan fingerprint density at radius 1 is 1.52 bits per heavy atom. The van der Waals surface area contributed by atoms with E-state index in [-0.39, 0.29) is 23.6 Å². The van der Waals surface area contributed by atoms with Gasteiger partial charge < -0.3 is 15.3 Å². The van der Waals surface area contributed by atoms with Gasteiger partial charge in [-0.05, 0) is 6.07 Å². The number of hydrogen-bond donors (Lipinski definition) is 3. The molecule has 0 fully saturated rings. The van der Waals surface area contributed by atoms with Gasteiger partial charge in [-0.25, -0.2) is 4.39 Å². The highest BCUT2D eigenvalue weighted by Crippen LogP contribution is 2.25. The van der Waals surface area contributed by atoms with Gasteiger partial charge >= 0.3 is 0 Å². The third-order valence-corrected chi connectivity index (χ3v) is 2.50. The number of anilines is 1. The zero-order valence-electron chi connectivity index (χ0n) is 10.4. The summed E-state index contributed by atoms with van der Waals surface area (Å²) in [6.07, 6.45) is 1.07. The molecule has 0 unspecified atom stereocenters. The molecule has 2 aromatic rings. The lowest BCUT2D eigenvalue weighted by molar-refractivity contribution is -0.385. The number of aromatic nitrogens is 2. The number of benzene rings is 1. The number of nitrogens with two attached hydrogens (primary N) is 1. The molecule has 0 spiro atoms. The zero-order chi connectivity index (χ0) is 15.4. The molecular formula is C10H9FN6O4. The SMILES string of the molecule is NNc1cc(C(=O)NCc2ncon2)c([N+](=O)[O-])cc1F. The van der Waals surface area contributed by atoms with Crippen LogP contribution in [0.5, 0.6) is 0 Å². The highest BCUT2D eigenvalue weighted by atomic mass is 19.1. The summed E-state index contributed by atoms with van der Waals surface area (Å²) in [5, 5.41) is 16.7. The minimum absolute atomic E-state index is 0.102. The van der Waals surface area contributed by atoms with E-state index in [1.165, 1.54) is 0 Å². The summed E-state index contributed by atoms with van der Waals surface area (Å²) in [6.45, 7) is -0.102. The van der Waals surface area contributed by atoms with E-state index in [4.69, 9.17) is 5.84 Å². The molecule has 2 rings (SSSR count). The van der Waals surface area contributed by atoms with E-state index in [9.17, 15) is 19.3 Å². The van der Waals surface area contributed by atoms with E-state index >= 15 is 0 Å². The summed E-state index contributed by atoms with van der Waals surface area (Å²) < 4.78 is 17.9. The molecule has 0 saturated heterocycles. The molecule has 0 saturated carbocycles. The predicted octanol–water partition coefficient (Wildman–Crippen LogP) is 0.332. The number of amides is 1. The van der Waals surface area contributed by atoms with Gasteiger partial charge in [0, 0.05) is 0 Å². The van der Waals surface area contributed by atoms with Gasteiger partial charge in [0.2, 0.25) is 6.39 Å².